The zero-order chi connectivity index (χ0) is 14.0. The van der Waals surface area contributed by atoms with Crippen LogP contribution in [0.4, 0.5) is 0 Å². The molecule has 1 spiro atoms. The van der Waals surface area contributed by atoms with E-state index in [1.54, 1.807) is 0 Å². The van der Waals surface area contributed by atoms with Crippen LogP contribution >= 0.6 is 0 Å². The van der Waals surface area contributed by atoms with Crippen LogP contribution in [0.25, 0.3) is 0 Å². The Balaban J connectivity index is 1.56. The van der Waals surface area contributed by atoms with E-state index in [0.29, 0.717) is 5.41 Å². The first-order valence-corrected chi connectivity index (χ1v) is 7.72. The number of aryl methyl sites for hydroxylation is 1. The van der Waals surface area contributed by atoms with Crippen molar-refractivity contribution in [3.8, 4) is 0 Å². The van der Waals surface area contributed by atoms with Crippen molar-refractivity contribution in [3.63, 3.8) is 0 Å². The van der Waals surface area contributed by atoms with Crippen LogP contribution in [0.5, 0.6) is 0 Å². The summed E-state index contributed by atoms with van der Waals surface area (Å²) in [4.78, 5) is 6.90. The first-order chi connectivity index (χ1) is 9.71. The van der Waals surface area contributed by atoms with Crippen molar-refractivity contribution in [2.24, 2.45) is 10.4 Å². The van der Waals surface area contributed by atoms with Gasteiger partial charge in [0.25, 0.3) is 0 Å². The summed E-state index contributed by atoms with van der Waals surface area (Å²) in [5, 5.41) is 3.51. The first kappa shape index (κ1) is 13.5. The van der Waals surface area contributed by atoms with Gasteiger partial charge < -0.3 is 10.2 Å². The molecule has 1 N–H and O–H groups in total. The molecule has 1 aromatic rings. The second-order valence-corrected chi connectivity index (χ2v) is 6.41. The fourth-order valence-corrected chi connectivity index (χ4v) is 3.42. The third-order valence-corrected chi connectivity index (χ3v) is 4.94. The highest BCUT2D eigenvalue weighted by Gasteiger charge is 2.43. The maximum Gasteiger partial charge on any atom is 0.193 e. The molecule has 1 saturated heterocycles. The molecule has 2 aliphatic rings. The predicted octanol–water partition coefficient (Wildman–Crippen LogP) is 2.95. The highest BCUT2D eigenvalue weighted by atomic mass is 15.3. The summed E-state index contributed by atoms with van der Waals surface area (Å²) < 4.78 is 0. The normalized spacial score (nSPS) is 21.1. The lowest BCUT2D eigenvalue weighted by molar-refractivity contribution is 0.151. The van der Waals surface area contributed by atoms with E-state index >= 15 is 0 Å². The molecule has 108 valence electrons. The number of benzene rings is 1. The van der Waals surface area contributed by atoms with E-state index in [2.05, 4.69) is 46.4 Å². The second kappa shape index (κ2) is 5.47. The summed E-state index contributed by atoms with van der Waals surface area (Å²) in [7, 11) is 1.89. The summed E-state index contributed by atoms with van der Waals surface area (Å²) in [6, 6.07) is 8.71. The SMILES string of the molecule is CN=C(NCc1ccc(C)cc1)N1CCC2(CCC2)C1. The predicted molar refractivity (Wildman–Crippen MR) is 83.9 cm³/mol. The van der Waals surface area contributed by atoms with E-state index < -0.39 is 0 Å². The summed E-state index contributed by atoms with van der Waals surface area (Å²) in [5.41, 5.74) is 3.25. The van der Waals surface area contributed by atoms with Gasteiger partial charge in [-0.05, 0) is 37.2 Å². The minimum Gasteiger partial charge on any atom is -0.352 e. The molecule has 0 aromatic heterocycles. The maximum atomic E-state index is 4.46. The van der Waals surface area contributed by atoms with Gasteiger partial charge in [-0.15, -0.1) is 0 Å². The Bertz CT molecular complexity index is 485. The highest BCUT2D eigenvalue weighted by Crippen LogP contribution is 2.47. The molecule has 0 atom stereocenters. The van der Waals surface area contributed by atoms with Gasteiger partial charge in [0, 0.05) is 26.7 Å². The smallest absolute Gasteiger partial charge is 0.193 e. The zero-order valence-electron chi connectivity index (χ0n) is 12.7. The molecule has 3 nitrogen and oxygen atoms in total. The Morgan fingerprint density at radius 3 is 2.55 bits per heavy atom. The Morgan fingerprint density at radius 1 is 1.25 bits per heavy atom. The maximum absolute atomic E-state index is 4.46. The molecule has 1 aromatic carbocycles. The quantitative estimate of drug-likeness (QED) is 0.661. The van der Waals surface area contributed by atoms with Gasteiger partial charge in [-0.25, -0.2) is 0 Å². The Labute approximate surface area is 122 Å². The fourth-order valence-electron chi connectivity index (χ4n) is 3.42. The van der Waals surface area contributed by atoms with Crippen molar-refractivity contribution >= 4 is 5.96 Å². The Kier molecular flexibility index (Phi) is 3.68. The molecule has 1 aliphatic carbocycles. The lowest BCUT2D eigenvalue weighted by Crippen LogP contribution is -2.42. The molecular formula is C17H25N3. The Hall–Kier alpha value is -1.51. The fraction of sp³-hybridized carbons (Fsp3) is 0.588. The average molecular weight is 271 g/mol. The lowest BCUT2D eigenvalue weighted by Gasteiger charge is -2.38. The van der Waals surface area contributed by atoms with Crippen molar-refractivity contribution < 1.29 is 0 Å². The van der Waals surface area contributed by atoms with Crippen molar-refractivity contribution in [1.82, 2.24) is 10.2 Å². The number of rotatable bonds is 2. The molecular weight excluding hydrogens is 246 g/mol. The van der Waals surface area contributed by atoms with E-state index in [1.165, 1.54) is 43.4 Å². The van der Waals surface area contributed by atoms with Crippen LogP contribution < -0.4 is 5.32 Å². The van der Waals surface area contributed by atoms with Crippen molar-refractivity contribution in [1.29, 1.82) is 0 Å². The topological polar surface area (TPSA) is 27.6 Å². The number of hydrogen-bond donors (Lipinski definition) is 1. The number of likely N-dealkylation sites (tertiary alicyclic amines) is 1. The van der Waals surface area contributed by atoms with Gasteiger partial charge in [-0.2, -0.15) is 0 Å². The molecule has 0 unspecified atom stereocenters. The lowest BCUT2D eigenvalue weighted by atomic mass is 9.68. The minimum absolute atomic E-state index is 0.626. The molecule has 0 bridgehead atoms. The van der Waals surface area contributed by atoms with Crippen molar-refractivity contribution in [2.75, 3.05) is 20.1 Å². The molecule has 1 aliphatic heterocycles. The van der Waals surface area contributed by atoms with E-state index in [0.717, 1.165) is 19.0 Å². The Morgan fingerprint density at radius 2 is 2.00 bits per heavy atom. The van der Waals surface area contributed by atoms with Gasteiger partial charge in [-0.1, -0.05) is 36.2 Å². The van der Waals surface area contributed by atoms with Crippen LogP contribution in [0.3, 0.4) is 0 Å². The number of aliphatic imine (C=N–C) groups is 1. The third-order valence-electron chi connectivity index (χ3n) is 4.94. The molecule has 20 heavy (non-hydrogen) atoms. The van der Waals surface area contributed by atoms with Crippen LogP contribution in [0.15, 0.2) is 29.3 Å². The summed E-state index contributed by atoms with van der Waals surface area (Å²) in [6.07, 6.45) is 5.60. The number of nitrogens with zero attached hydrogens (tertiary/aromatic N) is 2. The zero-order valence-corrected chi connectivity index (χ0v) is 12.7. The van der Waals surface area contributed by atoms with Crippen LogP contribution in [0.1, 0.15) is 36.8 Å². The number of hydrogen-bond acceptors (Lipinski definition) is 1. The largest absolute Gasteiger partial charge is 0.352 e. The molecule has 2 fully saturated rings. The second-order valence-electron chi connectivity index (χ2n) is 6.41. The first-order valence-electron chi connectivity index (χ1n) is 7.72. The monoisotopic (exact) mass is 271 g/mol. The molecule has 0 radical (unpaired) electrons. The van der Waals surface area contributed by atoms with E-state index in [9.17, 15) is 0 Å². The van der Waals surface area contributed by atoms with E-state index in [4.69, 9.17) is 0 Å². The van der Waals surface area contributed by atoms with Gasteiger partial charge in [0.1, 0.15) is 0 Å². The summed E-state index contributed by atoms with van der Waals surface area (Å²) in [6.45, 7) is 5.34. The van der Waals surface area contributed by atoms with Crippen LogP contribution in [-0.2, 0) is 6.54 Å². The molecule has 0 amide bonds. The van der Waals surface area contributed by atoms with Gasteiger partial charge in [0.15, 0.2) is 5.96 Å². The average Bonchev–Trinajstić information content (AvgIpc) is 2.87. The van der Waals surface area contributed by atoms with Gasteiger partial charge in [0.2, 0.25) is 0 Å². The van der Waals surface area contributed by atoms with Crippen LogP contribution in [-0.4, -0.2) is 31.0 Å². The third kappa shape index (κ3) is 2.67. The van der Waals surface area contributed by atoms with Gasteiger partial charge in [0.05, 0.1) is 0 Å². The van der Waals surface area contributed by atoms with Crippen LogP contribution in [0, 0.1) is 12.3 Å². The summed E-state index contributed by atoms with van der Waals surface area (Å²) in [5.74, 6) is 1.06. The molecule has 1 saturated carbocycles. The van der Waals surface area contributed by atoms with Crippen LogP contribution in [0.2, 0.25) is 0 Å². The molecule has 1 heterocycles. The number of nitrogens with one attached hydrogen (secondary N) is 1. The van der Waals surface area contributed by atoms with Gasteiger partial charge >= 0.3 is 0 Å². The van der Waals surface area contributed by atoms with Crippen molar-refractivity contribution in [2.45, 2.75) is 39.2 Å². The number of guanidine groups is 1. The summed E-state index contributed by atoms with van der Waals surface area (Å²) >= 11 is 0. The standard InChI is InChI=1S/C17H25N3/c1-14-4-6-15(7-5-14)12-19-16(18-2)20-11-10-17(13-20)8-3-9-17/h4-7H,3,8-13H2,1-2H3,(H,18,19). The van der Waals surface area contributed by atoms with E-state index in [-0.39, 0.29) is 0 Å². The van der Waals surface area contributed by atoms with Gasteiger partial charge in [-0.3, -0.25) is 4.99 Å². The highest BCUT2D eigenvalue weighted by molar-refractivity contribution is 5.80. The van der Waals surface area contributed by atoms with E-state index in [1.807, 2.05) is 7.05 Å². The minimum atomic E-state index is 0.626. The van der Waals surface area contributed by atoms with Crippen molar-refractivity contribution in [3.05, 3.63) is 35.4 Å². The molecule has 3 heteroatoms. The molecule has 3 rings (SSSR count).